The normalized spacial score (nSPS) is 18.8. The minimum Gasteiger partial charge on any atom is -0.384 e. The lowest BCUT2D eigenvalue weighted by molar-refractivity contribution is 0.0914. The largest absolute Gasteiger partial charge is 0.384 e. The van der Waals surface area contributed by atoms with Gasteiger partial charge in [-0.2, -0.15) is 0 Å². The summed E-state index contributed by atoms with van der Waals surface area (Å²) >= 11 is 0. The van der Waals surface area contributed by atoms with Crippen molar-refractivity contribution < 1.29 is 13.2 Å². The van der Waals surface area contributed by atoms with E-state index >= 15 is 0 Å². The maximum absolute atomic E-state index is 13.2. The SMILES string of the molecule is CC1CCC(NC(=O)c2cc3ccc(C(=N)N)cc3n2CCS(=O)(=O)c2ccccc2)CC1. The van der Waals surface area contributed by atoms with Crippen LogP contribution in [0.2, 0.25) is 0 Å². The van der Waals surface area contributed by atoms with Crippen LogP contribution >= 0.6 is 0 Å². The van der Waals surface area contributed by atoms with E-state index in [0.29, 0.717) is 22.7 Å². The first-order valence-electron chi connectivity index (χ1n) is 11.3. The predicted octanol–water partition coefficient (Wildman–Crippen LogP) is 3.71. The Hall–Kier alpha value is -3.13. The number of nitrogen functional groups attached to an aromatic ring is 1. The van der Waals surface area contributed by atoms with Crippen molar-refractivity contribution in [3.8, 4) is 0 Å². The Balaban J connectivity index is 1.66. The Morgan fingerprint density at radius 1 is 1.09 bits per heavy atom. The topological polar surface area (TPSA) is 118 Å². The van der Waals surface area contributed by atoms with Gasteiger partial charge in [-0.1, -0.05) is 37.3 Å². The molecule has 1 saturated carbocycles. The van der Waals surface area contributed by atoms with Gasteiger partial charge in [0, 0.05) is 29.1 Å². The van der Waals surface area contributed by atoms with Crippen LogP contribution in [0.3, 0.4) is 0 Å². The van der Waals surface area contributed by atoms with Gasteiger partial charge in [-0.3, -0.25) is 10.2 Å². The third kappa shape index (κ3) is 5.11. The Bertz CT molecular complexity index is 1270. The molecule has 8 heteroatoms. The number of aryl methyl sites for hydroxylation is 1. The minimum absolute atomic E-state index is 0.0797. The summed E-state index contributed by atoms with van der Waals surface area (Å²) in [5, 5.41) is 11.7. The van der Waals surface area contributed by atoms with Crippen molar-refractivity contribution in [1.29, 1.82) is 5.41 Å². The molecule has 0 unspecified atom stereocenters. The van der Waals surface area contributed by atoms with Gasteiger partial charge in [0.1, 0.15) is 11.5 Å². The summed E-state index contributed by atoms with van der Waals surface area (Å²) in [6, 6.07) is 15.5. The van der Waals surface area contributed by atoms with E-state index in [1.54, 1.807) is 53.1 Å². The summed E-state index contributed by atoms with van der Waals surface area (Å²) in [7, 11) is -3.53. The second-order valence-corrected chi connectivity index (χ2v) is 11.0. The number of hydrogen-bond acceptors (Lipinski definition) is 4. The molecule has 174 valence electrons. The van der Waals surface area contributed by atoms with Gasteiger partial charge in [-0.15, -0.1) is 0 Å². The molecule has 1 aliphatic rings. The van der Waals surface area contributed by atoms with Gasteiger partial charge in [-0.25, -0.2) is 8.42 Å². The highest BCUT2D eigenvalue weighted by molar-refractivity contribution is 7.91. The van der Waals surface area contributed by atoms with E-state index in [1.807, 2.05) is 6.07 Å². The number of amidine groups is 1. The van der Waals surface area contributed by atoms with Gasteiger partial charge in [0.15, 0.2) is 9.84 Å². The maximum Gasteiger partial charge on any atom is 0.268 e. The maximum atomic E-state index is 13.2. The lowest BCUT2D eigenvalue weighted by Gasteiger charge is -2.27. The number of nitrogens with zero attached hydrogens (tertiary/aromatic N) is 1. The van der Waals surface area contributed by atoms with Crippen LogP contribution < -0.4 is 11.1 Å². The zero-order chi connectivity index (χ0) is 23.6. The molecule has 1 fully saturated rings. The molecule has 7 nitrogen and oxygen atoms in total. The van der Waals surface area contributed by atoms with Crippen LogP contribution in [-0.4, -0.2) is 36.5 Å². The average Bonchev–Trinajstić information content (AvgIpc) is 3.18. The van der Waals surface area contributed by atoms with Crippen LogP contribution in [-0.2, 0) is 16.4 Å². The predicted molar refractivity (Wildman–Crippen MR) is 130 cm³/mol. The number of carbonyl (C=O) groups is 1. The molecule has 1 amide bonds. The standard InChI is InChI=1S/C25H30N4O3S/c1-17-7-11-20(12-8-17)28-25(30)23-15-18-9-10-19(24(26)27)16-22(18)29(23)13-14-33(31,32)21-5-3-2-4-6-21/h2-6,9-10,15-17,20H,7-8,11-14H2,1H3,(H3,26,27)(H,28,30). The van der Waals surface area contributed by atoms with E-state index in [-0.39, 0.29) is 35.0 Å². The fourth-order valence-corrected chi connectivity index (χ4v) is 5.70. The lowest BCUT2D eigenvalue weighted by atomic mass is 9.87. The van der Waals surface area contributed by atoms with Crippen molar-refractivity contribution >= 4 is 32.5 Å². The number of rotatable bonds is 7. The Morgan fingerprint density at radius 3 is 2.45 bits per heavy atom. The molecule has 0 atom stereocenters. The number of nitrogens with two attached hydrogens (primary N) is 1. The lowest BCUT2D eigenvalue weighted by Crippen LogP contribution is -2.38. The smallest absolute Gasteiger partial charge is 0.268 e. The van der Waals surface area contributed by atoms with E-state index in [9.17, 15) is 13.2 Å². The quantitative estimate of drug-likeness (QED) is 0.363. The fraction of sp³-hybridized carbons (Fsp3) is 0.360. The van der Waals surface area contributed by atoms with Crippen LogP contribution in [0.4, 0.5) is 0 Å². The molecule has 1 aliphatic carbocycles. The van der Waals surface area contributed by atoms with Crippen molar-refractivity contribution in [3.05, 3.63) is 65.9 Å². The van der Waals surface area contributed by atoms with E-state index in [4.69, 9.17) is 11.1 Å². The first-order chi connectivity index (χ1) is 15.7. The summed E-state index contributed by atoms with van der Waals surface area (Å²) in [6.45, 7) is 2.35. The molecule has 0 spiro atoms. The zero-order valence-electron chi connectivity index (χ0n) is 18.8. The Kier molecular flexibility index (Phi) is 6.56. The number of benzene rings is 2. The van der Waals surface area contributed by atoms with Crippen molar-refractivity contribution in [2.45, 2.75) is 50.1 Å². The first kappa shape index (κ1) is 23.0. The third-order valence-corrected chi connectivity index (χ3v) is 8.20. The molecule has 33 heavy (non-hydrogen) atoms. The second-order valence-electron chi connectivity index (χ2n) is 8.93. The zero-order valence-corrected chi connectivity index (χ0v) is 19.6. The number of carbonyl (C=O) groups excluding carboxylic acids is 1. The number of amides is 1. The van der Waals surface area contributed by atoms with Gasteiger partial charge in [-0.05, 0) is 55.9 Å². The number of aromatic nitrogens is 1. The van der Waals surface area contributed by atoms with Crippen LogP contribution in [0.15, 0.2) is 59.5 Å². The molecule has 0 saturated heterocycles. The van der Waals surface area contributed by atoms with Crippen molar-refractivity contribution in [3.63, 3.8) is 0 Å². The van der Waals surface area contributed by atoms with Gasteiger partial charge in [0.05, 0.1) is 10.6 Å². The molecule has 0 aliphatic heterocycles. The third-order valence-electron chi connectivity index (χ3n) is 6.48. The molecule has 1 heterocycles. The average molecular weight is 467 g/mol. The first-order valence-corrected chi connectivity index (χ1v) is 13.0. The highest BCUT2D eigenvalue weighted by atomic mass is 32.2. The monoisotopic (exact) mass is 466 g/mol. The van der Waals surface area contributed by atoms with E-state index in [2.05, 4.69) is 12.2 Å². The van der Waals surface area contributed by atoms with E-state index in [0.717, 1.165) is 31.1 Å². The molecule has 3 aromatic rings. The summed E-state index contributed by atoms with van der Waals surface area (Å²) in [4.78, 5) is 13.5. The van der Waals surface area contributed by atoms with Crippen LogP contribution in [0.5, 0.6) is 0 Å². The van der Waals surface area contributed by atoms with Crippen LogP contribution in [0, 0.1) is 11.3 Å². The van der Waals surface area contributed by atoms with Crippen LogP contribution in [0.25, 0.3) is 10.9 Å². The second kappa shape index (κ2) is 9.39. The van der Waals surface area contributed by atoms with Crippen molar-refractivity contribution in [2.24, 2.45) is 11.7 Å². The molecule has 0 bridgehead atoms. The summed E-state index contributed by atoms with van der Waals surface area (Å²) in [5.74, 6) is 0.251. The summed E-state index contributed by atoms with van der Waals surface area (Å²) < 4.78 is 27.5. The van der Waals surface area contributed by atoms with E-state index in [1.165, 1.54) is 0 Å². The molecule has 2 aromatic carbocycles. The van der Waals surface area contributed by atoms with Gasteiger partial charge < -0.3 is 15.6 Å². The Morgan fingerprint density at radius 2 is 1.79 bits per heavy atom. The number of nitrogens with one attached hydrogen (secondary N) is 2. The molecule has 4 N–H and O–H groups in total. The van der Waals surface area contributed by atoms with Gasteiger partial charge >= 0.3 is 0 Å². The molecule has 0 radical (unpaired) electrons. The van der Waals surface area contributed by atoms with Crippen LogP contribution in [0.1, 0.15) is 48.7 Å². The van der Waals surface area contributed by atoms with Gasteiger partial charge in [0.2, 0.25) is 0 Å². The van der Waals surface area contributed by atoms with Gasteiger partial charge in [0.25, 0.3) is 5.91 Å². The highest BCUT2D eigenvalue weighted by Crippen LogP contribution is 2.26. The van der Waals surface area contributed by atoms with E-state index < -0.39 is 9.84 Å². The minimum atomic E-state index is -3.53. The summed E-state index contributed by atoms with van der Waals surface area (Å²) in [6.07, 6.45) is 4.07. The van der Waals surface area contributed by atoms with Crippen molar-refractivity contribution in [2.75, 3.05) is 5.75 Å². The molecular weight excluding hydrogens is 436 g/mol. The fourth-order valence-electron chi connectivity index (χ4n) is 4.47. The molecular formula is C25H30N4O3S. The highest BCUT2D eigenvalue weighted by Gasteiger charge is 2.24. The Labute approximate surface area is 194 Å². The van der Waals surface area contributed by atoms with Crippen molar-refractivity contribution in [1.82, 2.24) is 9.88 Å². The molecule has 4 rings (SSSR count). The number of fused-ring (bicyclic) bond motifs is 1. The summed E-state index contributed by atoms with van der Waals surface area (Å²) in [5.41, 5.74) is 7.32. The molecule has 1 aromatic heterocycles. The number of hydrogen-bond donors (Lipinski definition) is 3. The number of sulfone groups is 1.